The molecule has 48 heavy (non-hydrogen) atoms. The molecule has 1 aliphatic heterocycles. The zero-order chi connectivity index (χ0) is 32.6. The maximum atomic E-state index is 6.99. The van der Waals surface area contributed by atoms with Gasteiger partial charge in [-0.25, -0.2) is 0 Å². The van der Waals surface area contributed by atoms with E-state index in [4.69, 9.17) is 23.7 Å². The van der Waals surface area contributed by atoms with E-state index in [-0.39, 0.29) is 18.3 Å². The van der Waals surface area contributed by atoms with Crippen molar-refractivity contribution in [2.24, 2.45) is 0 Å². The highest BCUT2D eigenvalue weighted by molar-refractivity contribution is 5.17. The molecule has 1 heterocycles. The fraction of sp³-hybridized carbons (Fsp3) is 0.302. The minimum atomic E-state index is -0.421. The van der Waals surface area contributed by atoms with E-state index in [1.165, 1.54) is 5.56 Å². The van der Waals surface area contributed by atoms with Crippen molar-refractivity contribution in [3.8, 4) is 0 Å². The van der Waals surface area contributed by atoms with Gasteiger partial charge in [0.2, 0.25) is 0 Å². The van der Waals surface area contributed by atoms with E-state index in [1.807, 2.05) is 72.8 Å². The Morgan fingerprint density at radius 3 is 1.23 bits per heavy atom. The molecule has 1 aliphatic rings. The van der Waals surface area contributed by atoms with Gasteiger partial charge in [0.25, 0.3) is 0 Å². The van der Waals surface area contributed by atoms with Crippen molar-refractivity contribution in [2.45, 2.75) is 76.2 Å². The second-order valence-corrected chi connectivity index (χ2v) is 12.4. The van der Waals surface area contributed by atoms with Crippen molar-refractivity contribution in [3.63, 3.8) is 0 Å². The van der Waals surface area contributed by atoms with Gasteiger partial charge in [0.15, 0.2) is 0 Å². The third-order valence-electron chi connectivity index (χ3n) is 8.78. The van der Waals surface area contributed by atoms with Gasteiger partial charge >= 0.3 is 0 Å². The molecule has 5 heteroatoms. The summed E-state index contributed by atoms with van der Waals surface area (Å²) in [6.45, 7) is 2.19. The number of rotatable bonds is 17. The predicted molar refractivity (Wildman–Crippen MR) is 189 cm³/mol. The van der Waals surface area contributed by atoms with E-state index in [2.05, 4.69) is 78.9 Å². The predicted octanol–water partition coefficient (Wildman–Crippen LogP) is 8.75. The molecule has 248 valence electrons. The molecule has 0 saturated carbocycles. The summed E-state index contributed by atoms with van der Waals surface area (Å²) in [5.74, 6) is 0. The number of hydrogen-bond donors (Lipinski definition) is 0. The van der Waals surface area contributed by atoms with E-state index < -0.39 is 12.2 Å². The summed E-state index contributed by atoms with van der Waals surface area (Å²) in [7, 11) is 0. The second-order valence-electron chi connectivity index (χ2n) is 12.4. The smallest absolute Gasteiger partial charge is 0.115 e. The maximum Gasteiger partial charge on any atom is 0.115 e. The molecule has 0 radical (unpaired) electrons. The summed E-state index contributed by atoms with van der Waals surface area (Å²) >= 11 is 0. The average molecular weight is 643 g/mol. The van der Waals surface area contributed by atoms with Crippen LogP contribution in [0.4, 0.5) is 0 Å². The molecule has 0 unspecified atom stereocenters. The molecule has 0 amide bonds. The summed E-state index contributed by atoms with van der Waals surface area (Å²) in [6.07, 6.45) is 1.02. The quantitative estimate of drug-likeness (QED) is 0.102. The van der Waals surface area contributed by atoms with Crippen LogP contribution < -0.4 is 0 Å². The van der Waals surface area contributed by atoms with E-state index in [9.17, 15) is 0 Å². The van der Waals surface area contributed by atoms with Gasteiger partial charge in [-0.05, 0) is 47.1 Å². The Kier molecular flexibility index (Phi) is 13.0. The molecule has 1 fully saturated rings. The highest BCUT2D eigenvalue weighted by Gasteiger charge is 2.48. The molecule has 0 aliphatic carbocycles. The Balaban J connectivity index is 1.27. The Bertz CT molecular complexity index is 1470. The van der Waals surface area contributed by atoms with Gasteiger partial charge in [-0.2, -0.15) is 0 Å². The van der Waals surface area contributed by atoms with Gasteiger partial charge in [-0.1, -0.05) is 152 Å². The molecule has 5 aromatic rings. The van der Waals surface area contributed by atoms with Crippen LogP contribution >= 0.6 is 0 Å². The van der Waals surface area contributed by atoms with Gasteiger partial charge in [0, 0.05) is 0 Å². The highest BCUT2D eigenvalue weighted by Crippen LogP contribution is 2.33. The van der Waals surface area contributed by atoms with Gasteiger partial charge in [-0.15, -0.1) is 0 Å². The standard InChI is InChI=1S/C43H46O5/c1-6-17-34(18-7-1)27-16-28-39-41(45-30-36-21-10-3-11-22-36)43(47-32-38-25-14-5-15-26-38)42(46-31-37-23-12-4-13-24-37)40(48-39)33-44-29-35-19-8-2-9-20-35/h1-15,17-26,39-43H,16,27-33H2/t39-,40+,41-,42+,43+/m0/s1. The summed E-state index contributed by atoms with van der Waals surface area (Å²) in [5.41, 5.74) is 5.74. The van der Waals surface area contributed by atoms with Crippen molar-refractivity contribution in [1.29, 1.82) is 0 Å². The first-order valence-electron chi connectivity index (χ1n) is 17.1. The zero-order valence-electron chi connectivity index (χ0n) is 27.5. The number of hydrogen-bond acceptors (Lipinski definition) is 5. The lowest BCUT2D eigenvalue weighted by molar-refractivity contribution is -0.273. The van der Waals surface area contributed by atoms with Crippen molar-refractivity contribution < 1.29 is 23.7 Å². The monoisotopic (exact) mass is 642 g/mol. The lowest BCUT2D eigenvalue weighted by Gasteiger charge is -2.46. The molecule has 0 bridgehead atoms. The highest BCUT2D eigenvalue weighted by atomic mass is 16.6. The molecule has 5 nitrogen and oxygen atoms in total. The van der Waals surface area contributed by atoms with Gasteiger partial charge in [0.05, 0.1) is 39.1 Å². The van der Waals surface area contributed by atoms with E-state index in [0.29, 0.717) is 33.0 Å². The molecule has 1 saturated heterocycles. The third-order valence-corrected chi connectivity index (χ3v) is 8.78. The number of aryl methyl sites for hydroxylation is 1. The molecule has 0 N–H and O–H groups in total. The first-order chi connectivity index (χ1) is 23.8. The SMILES string of the molecule is c1ccc(CCC[C@@H]2O[C@H](COCc3ccccc3)[C@@H](OCc3ccccc3)[C@H](OCc3ccccc3)[C@H]2OCc2ccccc2)cc1. The van der Waals surface area contributed by atoms with Crippen molar-refractivity contribution in [1.82, 2.24) is 0 Å². The van der Waals surface area contributed by atoms with Crippen LogP contribution in [0.3, 0.4) is 0 Å². The topological polar surface area (TPSA) is 46.2 Å². The van der Waals surface area contributed by atoms with Crippen LogP contribution in [0, 0.1) is 0 Å². The van der Waals surface area contributed by atoms with Crippen LogP contribution in [-0.4, -0.2) is 37.1 Å². The maximum absolute atomic E-state index is 6.99. The normalized spacial score (nSPS) is 20.8. The number of benzene rings is 5. The summed E-state index contributed by atoms with van der Waals surface area (Å²) < 4.78 is 33.8. The first-order valence-corrected chi connectivity index (χ1v) is 17.1. The van der Waals surface area contributed by atoms with Crippen molar-refractivity contribution in [2.75, 3.05) is 6.61 Å². The summed E-state index contributed by atoms with van der Waals surface area (Å²) in [4.78, 5) is 0. The first kappa shape index (κ1) is 33.8. The van der Waals surface area contributed by atoms with Crippen LogP contribution in [-0.2, 0) is 56.5 Å². The van der Waals surface area contributed by atoms with Crippen molar-refractivity contribution >= 4 is 0 Å². The lowest BCUT2D eigenvalue weighted by Crippen LogP contribution is -2.61. The minimum absolute atomic E-state index is 0.208. The van der Waals surface area contributed by atoms with Crippen molar-refractivity contribution in [3.05, 3.63) is 179 Å². The van der Waals surface area contributed by atoms with E-state index in [0.717, 1.165) is 41.5 Å². The summed E-state index contributed by atoms with van der Waals surface area (Å²) in [6, 6.07) is 51.7. The summed E-state index contributed by atoms with van der Waals surface area (Å²) in [5, 5.41) is 0. The molecular formula is C43H46O5. The Hall–Kier alpha value is -4.10. The Labute approximate surface area is 285 Å². The second kappa shape index (κ2) is 18.4. The molecule has 5 atom stereocenters. The van der Waals surface area contributed by atoms with E-state index >= 15 is 0 Å². The Morgan fingerprint density at radius 2 is 0.771 bits per heavy atom. The van der Waals surface area contributed by atoms with Crippen LogP contribution in [0.15, 0.2) is 152 Å². The average Bonchev–Trinajstić information content (AvgIpc) is 3.15. The molecule has 0 aromatic heterocycles. The molecule has 5 aromatic carbocycles. The number of ether oxygens (including phenoxy) is 5. The van der Waals surface area contributed by atoms with Gasteiger partial charge in [0.1, 0.15) is 24.4 Å². The molecule has 6 rings (SSSR count). The van der Waals surface area contributed by atoms with Crippen LogP contribution in [0.25, 0.3) is 0 Å². The fourth-order valence-electron chi connectivity index (χ4n) is 6.27. The third kappa shape index (κ3) is 10.2. The largest absolute Gasteiger partial charge is 0.374 e. The van der Waals surface area contributed by atoms with E-state index in [1.54, 1.807) is 0 Å². The van der Waals surface area contributed by atoms with Gasteiger partial charge in [-0.3, -0.25) is 0 Å². The van der Waals surface area contributed by atoms with Gasteiger partial charge < -0.3 is 23.7 Å². The molecular weight excluding hydrogens is 596 g/mol. The lowest BCUT2D eigenvalue weighted by atomic mass is 9.91. The van der Waals surface area contributed by atoms with Crippen LogP contribution in [0.5, 0.6) is 0 Å². The van der Waals surface area contributed by atoms with Crippen LogP contribution in [0.2, 0.25) is 0 Å². The molecule has 0 spiro atoms. The zero-order valence-corrected chi connectivity index (χ0v) is 27.5. The Morgan fingerprint density at radius 1 is 0.396 bits per heavy atom. The van der Waals surface area contributed by atoms with Crippen LogP contribution in [0.1, 0.15) is 40.7 Å². The minimum Gasteiger partial charge on any atom is -0.374 e. The fourth-order valence-corrected chi connectivity index (χ4v) is 6.27.